The van der Waals surface area contributed by atoms with Crippen molar-refractivity contribution < 1.29 is 0 Å². The highest BCUT2D eigenvalue weighted by Crippen LogP contribution is 2.14. The maximum Gasteiger partial charge on any atom is 0.266 e. The normalized spacial score (nSPS) is 15.8. The highest BCUT2D eigenvalue weighted by atomic mass is 32.1. The predicted octanol–water partition coefficient (Wildman–Crippen LogP) is 1.28. The van der Waals surface area contributed by atoms with Gasteiger partial charge in [0, 0.05) is 56.7 Å². The van der Waals surface area contributed by atoms with Crippen LogP contribution in [0.15, 0.2) is 41.5 Å². The van der Waals surface area contributed by atoms with Crippen molar-refractivity contribution in [3.05, 3.63) is 57.0 Å². The van der Waals surface area contributed by atoms with Crippen molar-refractivity contribution in [3.8, 4) is 11.3 Å². The highest BCUT2D eigenvalue weighted by Gasteiger charge is 2.18. The molecule has 0 saturated carbocycles. The molecule has 0 amide bonds. The van der Waals surface area contributed by atoms with Gasteiger partial charge in [-0.2, -0.15) is 5.10 Å². The van der Waals surface area contributed by atoms with Crippen LogP contribution in [0.25, 0.3) is 11.3 Å². The Morgan fingerprint density at radius 1 is 1.04 bits per heavy atom. The lowest BCUT2D eigenvalue weighted by Crippen LogP contribution is -2.47. The number of rotatable bonds is 6. The van der Waals surface area contributed by atoms with Crippen LogP contribution in [0.3, 0.4) is 0 Å². The summed E-state index contributed by atoms with van der Waals surface area (Å²) in [6, 6.07) is 7.15. The zero-order valence-corrected chi connectivity index (χ0v) is 16.7. The van der Waals surface area contributed by atoms with Gasteiger partial charge in [0.1, 0.15) is 10.0 Å². The second-order valence-corrected chi connectivity index (χ2v) is 8.12. The van der Waals surface area contributed by atoms with E-state index in [0.29, 0.717) is 6.54 Å². The number of nitrogens with zero attached hydrogens (tertiary/aromatic N) is 7. The molecule has 0 aromatic carbocycles. The number of hydrogen-bond donors (Lipinski definition) is 0. The van der Waals surface area contributed by atoms with E-state index in [-0.39, 0.29) is 5.56 Å². The van der Waals surface area contributed by atoms with Gasteiger partial charge in [-0.15, -0.1) is 21.5 Å². The van der Waals surface area contributed by atoms with Crippen LogP contribution in [0.2, 0.25) is 0 Å². The molecule has 3 aromatic heterocycles. The average molecular weight is 398 g/mol. The number of piperazine rings is 1. The molecule has 1 saturated heterocycles. The van der Waals surface area contributed by atoms with Crippen molar-refractivity contribution in [2.45, 2.75) is 20.0 Å². The molecule has 1 aliphatic rings. The molecule has 146 valence electrons. The van der Waals surface area contributed by atoms with Crippen LogP contribution in [0.5, 0.6) is 0 Å². The summed E-state index contributed by atoms with van der Waals surface area (Å²) in [5.74, 6) is 0. The molecule has 3 aromatic rings. The van der Waals surface area contributed by atoms with Crippen LogP contribution in [0, 0.1) is 6.92 Å². The summed E-state index contributed by atoms with van der Waals surface area (Å²) >= 11 is 1.66. The quantitative estimate of drug-likeness (QED) is 0.620. The molecule has 8 nitrogen and oxygen atoms in total. The number of hydrogen-bond acceptors (Lipinski definition) is 8. The summed E-state index contributed by atoms with van der Waals surface area (Å²) in [4.78, 5) is 21.1. The lowest BCUT2D eigenvalue weighted by atomic mass is 10.2. The second kappa shape index (κ2) is 8.68. The SMILES string of the molecule is Cc1nnc(CN2CCN(CCn3nc(-c4cccnc4)ccc3=O)CC2)s1. The Morgan fingerprint density at radius 2 is 1.86 bits per heavy atom. The van der Waals surface area contributed by atoms with Gasteiger partial charge in [0.05, 0.1) is 18.8 Å². The van der Waals surface area contributed by atoms with Crippen molar-refractivity contribution >= 4 is 11.3 Å². The van der Waals surface area contributed by atoms with E-state index >= 15 is 0 Å². The third-order valence-electron chi connectivity index (χ3n) is 4.84. The van der Waals surface area contributed by atoms with E-state index in [1.807, 2.05) is 19.1 Å². The summed E-state index contributed by atoms with van der Waals surface area (Å²) in [6.07, 6.45) is 3.49. The Bertz CT molecular complexity index is 964. The van der Waals surface area contributed by atoms with Crippen molar-refractivity contribution in [2.75, 3.05) is 32.7 Å². The van der Waals surface area contributed by atoms with Crippen LogP contribution in [0.1, 0.15) is 10.0 Å². The molecule has 28 heavy (non-hydrogen) atoms. The van der Waals surface area contributed by atoms with E-state index in [2.05, 4.69) is 30.1 Å². The topological polar surface area (TPSA) is 80.0 Å². The molecule has 4 heterocycles. The van der Waals surface area contributed by atoms with Gasteiger partial charge in [-0.05, 0) is 25.1 Å². The van der Waals surface area contributed by atoms with E-state index in [1.54, 1.807) is 40.5 Å². The third kappa shape index (κ3) is 4.67. The summed E-state index contributed by atoms with van der Waals surface area (Å²) in [5, 5.41) is 14.9. The molecule has 9 heteroatoms. The molecule has 0 unspecified atom stereocenters. The van der Waals surface area contributed by atoms with Crippen LogP contribution in [-0.2, 0) is 13.1 Å². The lowest BCUT2D eigenvalue weighted by Gasteiger charge is -2.34. The molecular weight excluding hydrogens is 374 g/mol. The number of aromatic nitrogens is 5. The van der Waals surface area contributed by atoms with Gasteiger partial charge in [0.2, 0.25) is 0 Å². The first-order valence-corrected chi connectivity index (χ1v) is 10.2. The average Bonchev–Trinajstić information content (AvgIpc) is 3.14. The van der Waals surface area contributed by atoms with E-state index in [0.717, 1.165) is 60.5 Å². The zero-order chi connectivity index (χ0) is 19.3. The van der Waals surface area contributed by atoms with Gasteiger partial charge in [-0.1, -0.05) is 0 Å². The van der Waals surface area contributed by atoms with Crippen LogP contribution in [-0.4, -0.2) is 67.5 Å². The fraction of sp³-hybridized carbons (Fsp3) is 0.421. The Labute approximate surface area is 167 Å². The lowest BCUT2D eigenvalue weighted by molar-refractivity contribution is 0.122. The summed E-state index contributed by atoms with van der Waals surface area (Å²) in [6.45, 7) is 8.21. The minimum atomic E-state index is -0.0714. The Kier molecular flexibility index (Phi) is 5.84. The summed E-state index contributed by atoms with van der Waals surface area (Å²) in [7, 11) is 0. The summed E-state index contributed by atoms with van der Waals surface area (Å²) in [5.41, 5.74) is 1.61. The van der Waals surface area contributed by atoms with Crippen molar-refractivity contribution in [2.24, 2.45) is 0 Å². The van der Waals surface area contributed by atoms with Gasteiger partial charge in [-0.3, -0.25) is 19.6 Å². The Hall–Kier alpha value is -2.49. The Balaban J connectivity index is 1.31. The molecular formula is C19H23N7OS. The molecule has 0 spiro atoms. The molecule has 0 radical (unpaired) electrons. The molecule has 0 bridgehead atoms. The molecule has 1 fully saturated rings. The van der Waals surface area contributed by atoms with Crippen LogP contribution in [0.4, 0.5) is 0 Å². The summed E-state index contributed by atoms with van der Waals surface area (Å²) < 4.78 is 1.55. The maximum atomic E-state index is 12.2. The van der Waals surface area contributed by atoms with E-state index < -0.39 is 0 Å². The number of pyridine rings is 1. The molecule has 0 N–H and O–H groups in total. The maximum absolute atomic E-state index is 12.2. The first kappa shape index (κ1) is 18.9. The molecule has 4 rings (SSSR count). The van der Waals surface area contributed by atoms with E-state index in [4.69, 9.17) is 0 Å². The minimum absolute atomic E-state index is 0.0714. The third-order valence-corrected chi connectivity index (χ3v) is 5.67. The largest absolute Gasteiger partial charge is 0.299 e. The highest BCUT2D eigenvalue weighted by molar-refractivity contribution is 7.11. The molecule has 0 aliphatic carbocycles. The minimum Gasteiger partial charge on any atom is -0.299 e. The standard InChI is InChI=1S/C19H23N7OS/c1-15-21-22-18(28-15)14-25-9-7-24(8-10-25)11-12-26-19(27)5-4-17(23-26)16-3-2-6-20-13-16/h2-6,13H,7-12,14H2,1H3. The predicted molar refractivity (Wildman–Crippen MR) is 108 cm³/mol. The fourth-order valence-electron chi connectivity index (χ4n) is 3.28. The second-order valence-electron chi connectivity index (χ2n) is 6.85. The van der Waals surface area contributed by atoms with Gasteiger partial charge in [0.15, 0.2) is 0 Å². The zero-order valence-electron chi connectivity index (χ0n) is 15.9. The first-order valence-electron chi connectivity index (χ1n) is 9.40. The van der Waals surface area contributed by atoms with E-state index in [1.165, 1.54) is 0 Å². The van der Waals surface area contributed by atoms with Crippen LogP contribution < -0.4 is 5.56 Å². The van der Waals surface area contributed by atoms with Gasteiger partial charge < -0.3 is 0 Å². The van der Waals surface area contributed by atoms with E-state index in [9.17, 15) is 4.79 Å². The Morgan fingerprint density at radius 3 is 2.57 bits per heavy atom. The van der Waals surface area contributed by atoms with Gasteiger partial charge >= 0.3 is 0 Å². The van der Waals surface area contributed by atoms with Gasteiger partial charge in [-0.25, -0.2) is 4.68 Å². The van der Waals surface area contributed by atoms with Crippen molar-refractivity contribution in [1.29, 1.82) is 0 Å². The van der Waals surface area contributed by atoms with Crippen molar-refractivity contribution in [3.63, 3.8) is 0 Å². The van der Waals surface area contributed by atoms with Crippen LogP contribution >= 0.6 is 11.3 Å². The number of aryl methyl sites for hydroxylation is 1. The smallest absolute Gasteiger partial charge is 0.266 e. The van der Waals surface area contributed by atoms with Gasteiger partial charge in [0.25, 0.3) is 5.56 Å². The van der Waals surface area contributed by atoms with Crippen molar-refractivity contribution in [1.82, 2.24) is 34.8 Å². The monoisotopic (exact) mass is 397 g/mol. The molecule has 0 atom stereocenters. The molecule has 1 aliphatic heterocycles. The fourth-order valence-corrected chi connectivity index (χ4v) is 4.03. The first-order chi connectivity index (χ1) is 13.7.